The molecule has 132 valence electrons. The summed E-state index contributed by atoms with van der Waals surface area (Å²) < 4.78 is 14.1. The van der Waals surface area contributed by atoms with Crippen molar-refractivity contribution in [1.29, 1.82) is 0 Å². The van der Waals surface area contributed by atoms with Gasteiger partial charge in [0, 0.05) is 25.6 Å². The Balaban J connectivity index is 2.81. The Labute approximate surface area is 140 Å². The van der Waals surface area contributed by atoms with Crippen molar-refractivity contribution in [1.82, 2.24) is 4.90 Å². The van der Waals surface area contributed by atoms with Gasteiger partial charge in [-0.05, 0) is 24.1 Å². The van der Waals surface area contributed by atoms with E-state index >= 15 is 0 Å². The molecule has 0 radical (unpaired) electrons. The van der Waals surface area contributed by atoms with Crippen molar-refractivity contribution < 1.29 is 23.9 Å². The van der Waals surface area contributed by atoms with Crippen LogP contribution in [0.25, 0.3) is 0 Å². The highest BCUT2D eigenvalue weighted by Gasteiger charge is 2.19. The molecule has 0 saturated heterocycles. The van der Waals surface area contributed by atoms with Crippen LogP contribution in [0.2, 0.25) is 0 Å². The third-order valence-corrected chi connectivity index (χ3v) is 3.40. The number of nitrogens with zero attached hydrogens (tertiary/aromatic N) is 1. The Morgan fingerprint density at radius 2 is 1.88 bits per heavy atom. The molecule has 0 fully saturated rings. The summed E-state index contributed by atoms with van der Waals surface area (Å²) in [5.74, 6) is -3.07. The number of amides is 2. The SMILES string of the molecule is CC(C)CC(=O)Nc1ccc(C(=O)N(C)CC(C)C(=O)O)cc1F. The molecule has 24 heavy (non-hydrogen) atoms. The van der Waals surface area contributed by atoms with Crippen molar-refractivity contribution in [2.24, 2.45) is 11.8 Å². The fourth-order valence-electron chi connectivity index (χ4n) is 2.11. The van der Waals surface area contributed by atoms with Gasteiger partial charge in [-0.3, -0.25) is 14.4 Å². The van der Waals surface area contributed by atoms with Crippen LogP contribution >= 0.6 is 0 Å². The standard InChI is InChI=1S/C17H23FN2O4/c1-10(2)7-15(21)19-14-6-5-12(8-13(14)18)16(22)20(4)9-11(3)17(23)24/h5-6,8,10-11H,7,9H2,1-4H3,(H,19,21)(H,23,24). The van der Waals surface area contributed by atoms with Crippen LogP contribution in [0.4, 0.5) is 10.1 Å². The van der Waals surface area contributed by atoms with Gasteiger partial charge in [0.2, 0.25) is 5.91 Å². The van der Waals surface area contributed by atoms with E-state index in [0.29, 0.717) is 0 Å². The first-order valence-electron chi connectivity index (χ1n) is 7.69. The molecule has 1 rings (SSSR count). The molecule has 1 atom stereocenters. The highest BCUT2D eigenvalue weighted by atomic mass is 19.1. The van der Waals surface area contributed by atoms with Crippen LogP contribution in [-0.2, 0) is 9.59 Å². The first kappa shape index (κ1) is 19.6. The van der Waals surface area contributed by atoms with Crippen LogP contribution in [0.1, 0.15) is 37.6 Å². The van der Waals surface area contributed by atoms with Gasteiger partial charge in [0.25, 0.3) is 5.91 Å². The summed E-state index contributed by atoms with van der Waals surface area (Å²) in [6.07, 6.45) is 0.274. The van der Waals surface area contributed by atoms with Gasteiger partial charge in [-0.2, -0.15) is 0 Å². The molecule has 0 saturated carbocycles. The molecule has 0 aliphatic carbocycles. The average molecular weight is 338 g/mol. The van der Waals surface area contributed by atoms with E-state index in [1.807, 2.05) is 13.8 Å². The number of benzene rings is 1. The number of hydrogen-bond acceptors (Lipinski definition) is 3. The molecule has 0 heterocycles. The topological polar surface area (TPSA) is 86.7 Å². The number of aliphatic carboxylic acids is 1. The lowest BCUT2D eigenvalue weighted by molar-refractivity contribution is -0.141. The number of rotatable bonds is 7. The molecule has 0 aliphatic heterocycles. The van der Waals surface area contributed by atoms with Gasteiger partial charge in [-0.25, -0.2) is 4.39 Å². The molecule has 1 aromatic carbocycles. The fraction of sp³-hybridized carbons (Fsp3) is 0.471. The Kier molecular flexibility index (Phi) is 6.88. The van der Waals surface area contributed by atoms with Crippen molar-refractivity contribution in [3.8, 4) is 0 Å². The Bertz CT molecular complexity index is 631. The lowest BCUT2D eigenvalue weighted by Gasteiger charge is -2.19. The molecule has 0 spiro atoms. The van der Waals surface area contributed by atoms with E-state index in [9.17, 15) is 18.8 Å². The smallest absolute Gasteiger partial charge is 0.308 e. The molecule has 0 bridgehead atoms. The molecule has 0 aliphatic rings. The second-order valence-corrected chi connectivity index (χ2v) is 6.27. The van der Waals surface area contributed by atoms with Crippen molar-refractivity contribution >= 4 is 23.5 Å². The van der Waals surface area contributed by atoms with Crippen LogP contribution in [-0.4, -0.2) is 41.4 Å². The largest absolute Gasteiger partial charge is 0.481 e. The number of halogens is 1. The number of anilines is 1. The van der Waals surface area contributed by atoms with E-state index in [2.05, 4.69) is 5.32 Å². The van der Waals surface area contributed by atoms with Gasteiger partial charge in [-0.1, -0.05) is 20.8 Å². The number of carboxylic acid groups (broad SMARTS) is 1. The predicted molar refractivity (Wildman–Crippen MR) is 88.2 cm³/mol. The molecular weight excluding hydrogens is 315 g/mol. The quantitative estimate of drug-likeness (QED) is 0.800. The summed E-state index contributed by atoms with van der Waals surface area (Å²) in [5, 5.41) is 11.3. The summed E-state index contributed by atoms with van der Waals surface area (Å²) in [6.45, 7) is 5.26. The molecule has 7 heteroatoms. The molecule has 0 aromatic heterocycles. The number of carboxylic acids is 1. The molecule has 6 nitrogen and oxygen atoms in total. The maximum atomic E-state index is 14.1. The first-order valence-corrected chi connectivity index (χ1v) is 7.69. The Morgan fingerprint density at radius 3 is 2.38 bits per heavy atom. The zero-order valence-electron chi connectivity index (χ0n) is 14.3. The average Bonchev–Trinajstić information content (AvgIpc) is 2.47. The highest BCUT2D eigenvalue weighted by Crippen LogP contribution is 2.18. The Hall–Kier alpha value is -2.44. The van der Waals surface area contributed by atoms with Gasteiger partial charge in [-0.15, -0.1) is 0 Å². The molecule has 2 N–H and O–H groups in total. The van der Waals surface area contributed by atoms with Crippen LogP contribution in [0.5, 0.6) is 0 Å². The van der Waals surface area contributed by atoms with E-state index < -0.39 is 23.6 Å². The van der Waals surface area contributed by atoms with Crippen LogP contribution < -0.4 is 5.32 Å². The molecule has 2 amide bonds. The van der Waals surface area contributed by atoms with E-state index in [0.717, 1.165) is 6.07 Å². The summed E-state index contributed by atoms with van der Waals surface area (Å²) >= 11 is 0. The van der Waals surface area contributed by atoms with E-state index in [1.165, 1.54) is 31.0 Å². The van der Waals surface area contributed by atoms with Crippen LogP contribution in [0.15, 0.2) is 18.2 Å². The monoisotopic (exact) mass is 338 g/mol. The van der Waals surface area contributed by atoms with Crippen molar-refractivity contribution in [3.05, 3.63) is 29.6 Å². The fourth-order valence-corrected chi connectivity index (χ4v) is 2.11. The minimum absolute atomic E-state index is 0.0127. The van der Waals surface area contributed by atoms with Gasteiger partial charge in [0.15, 0.2) is 0 Å². The third kappa shape index (κ3) is 5.64. The normalized spacial score (nSPS) is 11.9. The molecule has 1 unspecified atom stereocenters. The minimum atomic E-state index is -1.01. The van der Waals surface area contributed by atoms with Gasteiger partial charge in [0.05, 0.1) is 11.6 Å². The summed E-state index contributed by atoms with van der Waals surface area (Å²) in [5.41, 5.74) is 0.105. The number of nitrogens with one attached hydrogen (secondary N) is 1. The Morgan fingerprint density at radius 1 is 1.25 bits per heavy atom. The van der Waals surface area contributed by atoms with Crippen LogP contribution in [0, 0.1) is 17.7 Å². The first-order chi connectivity index (χ1) is 11.1. The lowest BCUT2D eigenvalue weighted by atomic mass is 10.1. The van der Waals surface area contributed by atoms with Gasteiger partial charge in [0.1, 0.15) is 5.82 Å². The van der Waals surface area contributed by atoms with Crippen molar-refractivity contribution in [2.45, 2.75) is 27.2 Å². The highest BCUT2D eigenvalue weighted by molar-refractivity contribution is 5.96. The maximum absolute atomic E-state index is 14.1. The second kappa shape index (κ2) is 8.42. The molecule has 1 aromatic rings. The number of hydrogen-bond donors (Lipinski definition) is 2. The zero-order valence-corrected chi connectivity index (χ0v) is 14.3. The van der Waals surface area contributed by atoms with Crippen molar-refractivity contribution in [3.63, 3.8) is 0 Å². The molecular formula is C17H23FN2O4. The van der Waals surface area contributed by atoms with Crippen molar-refractivity contribution in [2.75, 3.05) is 18.9 Å². The summed E-state index contributed by atoms with van der Waals surface area (Å²) in [7, 11) is 1.46. The van der Waals surface area contributed by atoms with Crippen LogP contribution in [0.3, 0.4) is 0 Å². The lowest BCUT2D eigenvalue weighted by Crippen LogP contribution is -2.33. The van der Waals surface area contributed by atoms with Gasteiger partial charge < -0.3 is 15.3 Å². The van der Waals surface area contributed by atoms with E-state index in [1.54, 1.807) is 0 Å². The van der Waals surface area contributed by atoms with Gasteiger partial charge >= 0.3 is 5.97 Å². The minimum Gasteiger partial charge on any atom is -0.481 e. The van der Waals surface area contributed by atoms with E-state index in [4.69, 9.17) is 5.11 Å². The third-order valence-electron chi connectivity index (χ3n) is 3.40. The second-order valence-electron chi connectivity index (χ2n) is 6.27. The maximum Gasteiger partial charge on any atom is 0.308 e. The zero-order chi connectivity index (χ0) is 18.4. The predicted octanol–water partition coefficient (Wildman–Crippen LogP) is 2.60. The van der Waals surface area contributed by atoms with E-state index in [-0.39, 0.29) is 36.0 Å². The number of carbonyl (C=O) groups is 3. The number of carbonyl (C=O) groups excluding carboxylic acids is 2. The summed E-state index contributed by atoms with van der Waals surface area (Å²) in [4.78, 5) is 36.0. The summed E-state index contributed by atoms with van der Waals surface area (Å²) in [6, 6.07) is 3.77.